The Kier molecular flexibility index (Phi) is 6.57. The third-order valence-electron chi connectivity index (χ3n) is 3.63. The smallest absolute Gasteiger partial charge is 0.338 e. The average Bonchev–Trinajstić information content (AvgIpc) is 2.62. The highest BCUT2D eigenvalue weighted by Crippen LogP contribution is 2.16. The van der Waals surface area contributed by atoms with Crippen LogP contribution < -0.4 is 10.1 Å². The van der Waals surface area contributed by atoms with Crippen LogP contribution in [0.5, 0.6) is 5.75 Å². The summed E-state index contributed by atoms with van der Waals surface area (Å²) in [5.74, 6) is 0.0479. The molecule has 0 fully saturated rings. The van der Waals surface area contributed by atoms with E-state index in [1.54, 1.807) is 31.2 Å². The van der Waals surface area contributed by atoms with Gasteiger partial charge in [-0.15, -0.1) is 0 Å². The number of rotatable bonds is 7. The molecule has 5 nitrogen and oxygen atoms in total. The zero-order chi connectivity index (χ0) is 18.2. The number of esters is 1. The van der Waals surface area contributed by atoms with E-state index in [4.69, 9.17) is 9.47 Å². The number of amides is 1. The zero-order valence-electron chi connectivity index (χ0n) is 14.7. The van der Waals surface area contributed by atoms with Crippen molar-refractivity contribution in [1.29, 1.82) is 0 Å². The molecule has 132 valence electrons. The SMILES string of the molecule is CCOC(=O)c1ccc(NC(=O)C(CC)Oc2ccc(C)cc2)cc1. The van der Waals surface area contributed by atoms with Crippen molar-refractivity contribution >= 4 is 17.6 Å². The van der Waals surface area contributed by atoms with Crippen LogP contribution in [0, 0.1) is 6.92 Å². The topological polar surface area (TPSA) is 64.6 Å². The first-order chi connectivity index (χ1) is 12.0. The molecule has 0 aliphatic rings. The standard InChI is InChI=1S/C20H23NO4/c1-4-18(25-17-12-6-14(3)7-13-17)19(22)21-16-10-8-15(9-11-16)20(23)24-5-2/h6-13,18H,4-5H2,1-3H3,(H,21,22). The minimum Gasteiger partial charge on any atom is -0.481 e. The van der Waals surface area contributed by atoms with Gasteiger partial charge >= 0.3 is 5.97 Å². The monoisotopic (exact) mass is 341 g/mol. The van der Waals surface area contributed by atoms with E-state index in [9.17, 15) is 9.59 Å². The quantitative estimate of drug-likeness (QED) is 0.774. The van der Waals surface area contributed by atoms with Crippen LogP contribution in [-0.4, -0.2) is 24.6 Å². The van der Waals surface area contributed by atoms with E-state index in [1.165, 1.54) is 0 Å². The minimum absolute atomic E-state index is 0.230. The summed E-state index contributed by atoms with van der Waals surface area (Å²) in [4.78, 5) is 24.0. The molecule has 0 aliphatic carbocycles. The second-order valence-electron chi connectivity index (χ2n) is 5.61. The van der Waals surface area contributed by atoms with Gasteiger partial charge in [0, 0.05) is 5.69 Å². The van der Waals surface area contributed by atoms with Gasteiger partial charge in [-0.05, 0) is 56.7 Å². The maximum Gasteiger partial charge on any atom is 0.338 e. The van der Waals surface area contributed by atoms with Gasteiger partial charge in [0.1, 0.15) is 5.75 Å². The van der Waals surface area contributed by atoms with Crippen molar-refractivity contribution in [2.24, 2.45) is 0 Å². The van der Waals surface area contributed by atoms with Crippen LogP contribution >= 0.6 is 0 Å². The summed E-state index contributed by atoms with van der Waals surface area (Å²) < 4.78 is 10.7. The Morgan fingerprint density at radius 2 is 1.64 bits per heavy atom. The van der Waals surface area contributed by atoms with Crippen LogP contribution in [0.4, 0.5) is 5.69 Å². The molecule has 1 amide bonds. The first kappa shape index (κ1) is 18.5. The molecule has 0 heterocycles. The van der Waals surface area contributed by atoms with Gasteiger partial charge < -0.3 is 14.8 Å². The maximum absolute atomic E-state index is 12.4. The maximum atomic E-state index is 12.4. The van der Waals surface area contributed by atoms with Crippen molar-refractivity contribution < 1.29 is 19.1 Å². The van der Waals surface area contributed by atoms with Crippen LogP contribution in [0.15, 0.2) is 48.5 Å². The number of aryl methyl sites for hydroxylation is 1. The molecule has 2 aromatic rings. The Morgan fingerprint density at radius 3 is 2.20 bits per heavy atom. The summed E-state index contributed by atoms with van der Waals surface area (Å²) in [6, 6.07) is 14.2. The minimum atomic E-state index is -0.590. The van der Waals surface area contributed by atoms with Gasteiger partial charge in [-0.3, -0.25) is 4.79 Å². The number of ether oxygens (including phenoxy) is 2. The second kappa shape index (κ2) is 8.87. The van der Waals surface area contributed by atoms with Gasteiger partial charge in [0.15, 0.2) is 6.10 Å². The summed E-state index contributed by atoms with van der Waals surface area (Å²) in [5, 5.41) is 2.81. The molecule has 5 heteroatoms. The molecule has 2 aromatic carbocycles. The highest BCUT2D eigenvalue weighted by atomic mass is 16.5. The van der Waals surface area contributed by atoms with E-state index < -0.39 is 6.10 Å². The summed E-state index contributed by atoms with van der Waals surface area (Å²) in [7, 11) is 0. The van der Waals surface area contributed by atoms with Crippen molar-refractivity contribution in [2.45, 2.75) is 33.3 Å². The summed E-state index contributed by atoms with van der Waals surface area (Å²) >= 11 is 0. The third-order valence-corrected chi connectivity index (χ3v) is 3.63. The number of carbonyl (C=O) groups excluding carboxylic acids is 2. The van der Waals surface area contributed by atoms with Crippen molar-refractivity contribution in [3.63, 3.8) is 0 Å². The summed E-state index contributed by atoms with van der Waals surface area (Å²) in [6.45, 7) is 5.97. The summed E-state index contributed by atoms with van der Waals surface area (Å²) in [5.41, 5.74) is 2.18. The molecule has 0 saturated carbocycles. The molecule has 1 unspecified atom stereocenters. The van der Waals surface area contributed by atoms with Crippen LogP contribution in [-0.2, 0) is 9.53 Å². The van der Waals surface area contributed by atoms with Gasteiger partial charge in [-0.1, -0.05) is 24.6 Å². The molecule has 0 aliphatic heterocycles. The van der Waals surface area contributed by atoms with Gasteiger partial charge in [0.05, 0.1) is 12.2 Å². The average molecular weight is 341 g/mol. The highest BCUT2D eigenvalue weighted by Gasteiger charge is 2.18. The van der Waals surface area contributed by atoms with Crippen molar-refractivity contribution in [1.82, 2.24) is 0 Å². The lowest BCUT2D eigenvalue weighted by molar-refractivity contribution is -0.122. The fourth-order valence-corrected chi connectivity index (χ4v) is 2.23. The van der Waals surface area contributed by atoms with Crippen LogP contribution in [0.1, 0.15) is 36.2 Å². The molecule has 25 heavy (non-hydrogen) atoms. The van der Waals surface area contributed by atoms with Gasteiger partial charge in [-0.25, -0.2) is 4.79 Å². The number of hydrogen-bond donors (Lipinski definition) is 1. The molecule has 0 bridgehead atoms. The Labute approximate surface area is 148 Å². The fourth-order valence-electron chi connectivity index (χ4n) is 2.23. The van der Waals surface area contributed by atoms with Crippen LogP contribution in [0.25, 0.3) is 0 Å². The number of hydrogen-bond acceptors (Lipinski definition) is 4. The van der Waals surface area contributed by atoms with Crippen molar-refractivity contribution in [2.75, 3.05) is 11.9 Å². The molecule has 0 spiro atoms. The lowest BCUT2D eigenvalue weighted by Gasteiger charge is -2.17. The van der Waals surface area contributed by atoms with E-state index >= 15 is 0 Å². The van der Waals surface area contributed by atoms with Gasteiger partial charge in [0.2, 0.25) is 0 Å². The first-order valence-electron chi connectivity index (χ1n) is 8.34. The Bertz CT molecular complexity index is 707. The number of carbonyl (C=O) groups is 2. The molecular formula is C20H23NO4. The van der Waals surface area contributed by atoms with Crippen molar-refractivity contribution in [3.8, 4) is 5.75 Å². The predicted molar refractivity (Wildman–Crippen MR) is 96.9 cm³/mol. The first-order valence-corrected chi connectivity index (χ1v) is 8.34. The second-order valence-corrected chi connectivity index (χ2v) is 5.61. The Morgan fingerprint density at radius 1 is 1.00 bits per heavy atom. The zero-order valence-corrected chi connectivity index (χ0v) is 14.7. The third kappa shape index (κ3) is 5.35. The lowest BCUT2D eigenvalue weighted by Crippen LogP contribution is -2.32. The predicted octanol–water partition coefficient (Wildman–Crippen LogP) is 3.97. The molecule has 1 atom stereocenters. The molecule has 0 aromatic heterocycles. The highest BCUT2D eigenvalue weighted by molar-refractivity contribution is 5.95. The molecular weight excluding hydrogens is 318 g/mol. The number of nitrogens with one attached hydrogen (secondary N) is 1. The van der Waals surface area contributed by atoms with Gasteiger partial charge in [-0.2, -0.15) is 0 Å². The van der Waals surface area contributed by atoms with E-state index in [0.29, 0.717) is 30.0 Å². The van der Waals surface area contributed by atoms with E-state index in [2.05, 4.69) is 5.32 Å². The van der Waals surface area contributed by atoms with E-state index in [-0.39, 0.29) is 11.9 Å². The Hall–Kier alpha value is -2.82. The van der Waals surface area contributed by atoms with Crippen LogP contribution in [0.3, 0.4) is 0 Å². The van der Waals surface area contributed by atoms with Crippen molar-refractivity contribution in [3.05, 3.63) is 59.7 Å². The summed E-state index contributed by atoms with van der Waals surface area (Å²) in [6.07, 6.45) is -0.0481. The van der Waals surface area contributed by atoms with E-state index in [1.807, 2.05) is 38.1 Å². The molecule has 0 saturated heterocycles. The fraction of sp³-hybridized carbons (Fsp3) is 0.300. The van der Waals surface area contributed by atoms with Gasteiger partial charge in [0.25, 0.3) is 5.91 Å². The van der Waals surface area contributed by atoms with Crippen LogP contribution in [0.2, 0.25) is 0 Å². The largest absolute Gasteiger partial charge is 0.481 e. The number of anilines is 1. The number of benzene rings is 2. The molecule has 1 N–H and O–H groups in total. The molecule has 0 radical (unpaired) electrons. The Balaban J connectivity index is 1.99. The lowest BCUT2D eigenvalue weighted by atomic mass is 10.2. The molecule has 2 rings (SSSR count). The van der Waals surface area contributed by atoms with E-state index in [0.717, 1.165) is 5.56 Å². The normalized spacial score (nSPS) is 11.5.